The summed E-state index contributed by atoms with van der Waals surface area (Å²) in [4.78, 5) is 26.9. The standard InChI is InChI=1S/C27H31NO4/c1-26(2)12-7-13-27(16-26)17-28(14-23(27)24(29)30)25(31)32-15-22-20-10-5-3-8-18(20)19-9-4-6-11-21(19)22/h3-6,8-11,22-23H,7,12-17H2,1-2H3,(H,29,30). The average molecular weight is 434 g/mol. The van der Waals surface area contributed by atoms with Gasteiger partial charge in [-0.15, -0.1) is 0 Å². The van der Waals surface area contributed by atoms with Gasteiger partial charge in [0, 0.05) is 24.4 Å². The summed E-state index contributed by atoms with van der Waals surface area (Å²) in [5.41, 5.74) is 4.50. The molecule has 2 atom stereocenters. The van der Waals surface area contributed by atoms with E-state index in [1.54, 1.807) is 4.90 Å². The highest BCUT2D eigenvalue weighted by molar-refractivity contribution is 5.79. The first-order chi connectivity index (χ1) is 15.3. The number of benzene rings is 2. The van der Waals surface area contributed by atoms with Gasteiger partial charge in [0.1, 0.15) is 6.61 Å². The van der Waals surface area contributed by atoms with Crippen LogP contribution in [0.3, 0.4) is 0 Å². The summed E-state index contributed by atoms with van der Waals surface area (Å²) in [5, 5.41) is 9.94. The SMILES string of the molecule is CC1(C)CCCC2(CN(C(=O)OCC3c4ccccc4-c4ccccc43)CC2C(=O)O)C1. The third-order valence-corrected chi connectivity index (χ3v) is 7.90. The normalized spacial score (nSPS) is 26.1. The van der Waals surface area contributed by atoms with Gasteiger partial charge in [-0.1, -0.05) is 68.8 Å². The molecule has 2 aromatic rings. The van der Waals surface area contributed by atoms with Gasteiger partial charge in [-0.05, 0) is 46.9 Å². The lowest BCUT2D eigenvalue weighted by molar-refractivity contribution is -0.146. The summed E-state index contributed by atoms with van der Waals surface area (Å²) in [6.45, 7) is 5.40. The van der Waals surface area contributed by atoms with E-state index in [0.717, 1.165) is 25.7 Å². The maximum absolute atomic E-state index is 13.1. The molecule has 0 aromatic heterocycles. The molecule has 168 valence electrons. The van der Waals surface area contributed by atoms with Crippen LogP contribution in [0, 0.1) is 16.7 Å². The number of carboxylic acids is 1. The molecule has 1 saturated heterocycles. The van der Waals surface area contributed by atoms with E-state index in [1.165, 1.54) is 22.3 Å². The number of amides is 1. The fourth-order valence-corrected chi connectivity index (χ4v) is 6.61. The number of fused-ring (bicyclic) bond motifs is 3. The summed E-state index contributed by atoms with van der Waals surface area (Å²) in [5.74, 6) is -1.31. The fraction of sp³-hybridized carbons (Fsp3) is 0.481. The first-order valence-corrected chi connectivity index (χ1v) is 11.6. The molecule has 2 aliphatic carbocycles. The number of carbonyl (C=O) groups excluding carboxylic acids is 1. The predicted octanol–water partition coefficient (Wildman–Crippen LogP) is 5.54. The van der Waals surface area contributed by atoms with Crippen LogP contribution < -0.4 is 0 Å². The third kappa shape index (κ3) is 3.48. The maximum atomic E-state index is 13.1. The number of ether oxygens (including phenoxy) is 1. The minimum atomic E-state index is -0.795. The maximum Gasteiger partial charge on any atom is 0.409 e. The summed E-state index contributed by atoms with van der Waals surface area (Å²) in [7, 11) is 0. The number of hydrogen-bond acceptors (Lipinski definition) is 3. The Morgan fingerprint density at radius 3 is 2.25 bits per heavy atom. The number of likely N-dealkylation sites (tertiary alicyclic amines) is 1. The predicted molar refractivity (Wildman–Crippen MR) is 122 cm³/mol. The zero-order chi connectivity index (χ0) is 22.5. The number of aliphatic carboxylic acids is 1. The highest BCUT2D eigenvalue weighted by Crippen LogP contribution is 2.53. The van der Waals surface area contributed by atoms with Crippen LogP contribution in [0.5, 0.6) is 0 Å². The number of nitrogens with zero attached hydrogens (tertiary/aromatic N) is 1. The van der Waals surface area contributed by atoms with E-state index in [-0.39, 0.29) is 29.9 Å². The fourth-order valence-electron chi connectivity index (χ4n) is 6.61. The van der Waals surface area contributed by atoms with Gasteiger partial charge in [-0.3, -0.25) is 4.79 Å². The van der Waals surface area contributed by atoms with Crippen LogP contribution in [0.1, 0.15) is 56.6 Å². The van der Waals surface area contributed by atoms with Crippen molar-refractivity contribution in [2.45, 2.75) is 45.4 Å². The highest BCUT2D eigenvalue weighted by atomic mass is 16.6. The molecule has 0 radical (unpaired) electrons. The molecule has 1 aliphatic heterocycles. The van der Waals surface area contributed by atoms with Crippen molar-refractivity contribution < 1.29 is 19.4 Å². The molecule has 1 heterocycles. The molecule has 5 heteroatoms. The molecule has 1 amide bonds. The van der Waals surface area contributed by atoms with Gasteiger partial charge in [-0.25, -0.2) is 4.79 Å². The van der Waals surface area contributed by atoms with Crippen LogP contribution in [0.15, 0.2) is 48.5 Å². The lowest BCUT2D eigenvalue weighted by atomic mass is 9.60. The first-order valence-electron chi connectivity index (χ1n) is 11.6. The number of carboxylic acid groups (broad SMARTS) is 1. The molecule has 5 nitrogen and oxygen atoms in total. The second-order valence-electron chi connectivity index (χ2n) is 10.6. The first kappa shape index (κ1) is 21.0. The molecule has 1 spiro atoms. The molecular formula is C27H31NO4. The summed E-state index contributed by atoms with van der Waals surface area (Å²) in [6.07, 6.45) is 3.42. The van der Waals surface area contributed by atoms with Gasteiger partial charge < -0.3 is 14.7 Å². The smallest absolute Gasteiger partial charge is 0.409 e. The second kappa shape index (κ2) is 7.65. The summed E-state index contributed by atoms with van der Waals surface area (Å²) >= 11 is 0. The van der Waals surface area contributed by atoms with Crippen LogP contribution in [0.25, 0.3) is 11.1 Å². The molecule has 1 saturated carbocycles. The molecule has 2 fully saturated rings. The Kier molecular flexibility index (Phi) is 5.03. The average Bonchev–Trinajstić information content (AvgIpc) is 3.27. The van der Waals surface area contributed by atoms with E-state index in [2.05, 4.69) is 38.1 Å². The monoisotopic (exact) mass is 433 g/mol. The van der Waals surface area contributed by atoms with Crippen LogP contribution in [0.4, 0.5) is 4.79 Å². The van der Waals surface area contributed by atoms with E-state index in [0.29, 0.717) is 6.54 Å². The molecule has 32 heavy (non-hydrogen) atoms. The van der Waals surface area contributed by atoms with E-state index < -0.39 is 18.0 Å². The lowest BCUT2D eigenvalue weighted by Gasteiger charge is -2.44. The van der Waals surface area contributed by atoms with Crippen molar-refractivity contribution in [1.29, 1.82) is 0 Å². The molecule has 2 aromatic carbocycles. The van der Waals surface area contributed by atoms with Crippen molar-refractivity contribution in [3.8, 4) is 11.1 Å². The second-order valence-corrected chi connectivity index (χ2v) is 10.6. The quantitative estimate of drug-likeness (QED) is 0.690. The lowest BCUT2D eigenvalue weighted by Crippen LogP contribution is -2.42. The summed E-state index contributed by atoms with van der Waals surface area (Å²) < 4.78 is 5.83. The molecule has 5 rings (SSSR count). The van der Waals surface area contributed by atoms with Gasteiger partial charge in [0.15, 0.2) is 0 Å². The molecule has 2 unspecified atom stereocenters. The van der Waals surface area contributed by atoms with Crippen molar-refractivity contribution in [3.05, 3.63) is 59.7 Å². The van der Waals surface area contributed by atoms with Gasteiger partial charge in [0.05, 0.1) is 5.92 Å². The zero-order valence-electron chi connectivity index (χ0n) is 18.8. The zero-order valence-corrected chi connectivity index (χ0v) is 18.8. The van der Waals surface area contributed by atoms with E-state index in [9.17, 15) is 14.7 Å². The van der Waals surface area contributed by atoms with E-state index >= 15 is 0 Å². The largest absolute Gasteiger partial charge is 0.481 e. The number of hydrogen-bond donors (Lipinski definition) is 1. The highest BCUT2D eigenvalue weighted by Gasteiger charge is 2.55. The summed E-state index contributed by atoms with van der Waals surface area (Å²) in [6, 6.07) is 16.5. The Hall–Kier alpha value is -2.82. The minimum absolute atomic E-state index is 0.00629. The topological polar surface area (TPSA) is 66.8 Å². The third-order valence-electron chi connectivity index (χ3n) is 7.90. The van der Waals surface area contributed by atoms with Crippen LogP contribution >= 0.6 is 0 Å². The Labute approximate surface area is 189 Å². The van der Waals surface area contributed by atoms with Crippen molar-refractivity contribution in [2.75, 3.05) is 19.7 Å². The van der Waals surface area contributed by atoms with E-state index in [4.69, 9.17) is 4.74 Å². The molecular weight excluding hydrogens is 402 g/mol. The molecule has 1 N–H and O–H groups in total. The van der Waals surface area contributed by atoms with Crippen LogP contribution in [-0.4, -0.2) is 41.8 Å². The van der Waals surface area contributed by atoms with Gasteiger partial charge in [0.25, 0.3) is 0 Å². The van der Waals surface area contributed by atoms with Crippen molar-refractivity contribution >= 4 is 12.1 Å². The van der Waals surface area contributed by atoms with Gasteiger partial charge in [-0.2, -0.15) is 0 Å². The Morgan fingerprint density at radius 2 is 1.66 bits per heavy atom. The van der Waals surface area contributed by atoms with Crippen molar-refractivity contribution in [3.63, 3.8) is 0 Å². The Balaban J connectivity index is 1.33. The van der Waals surface area contributed by atoms with Gasteiger partial charge in [0.2, 0.25) is 0 Å². The molecule has 3 aliphatic rings. The Bertz CT molecular complexity index is 1020. The number of rotatable bonds is 3. The van der Waals surface area contributed by atoms with Gasteiger partial charge >= 0.3 is 12.1 Å². The number of carbonyl (C=O) groups is 2. The minimum Gasteiger partial charge on any atom is -0.481 e. The van der Waals surface area contributed by atoms with Crippen molar-refractivity contribution in [1.82, 2.24) is 4.90 Å². The van der Waals surface area contributed by atoms with Crippen LogP contribution in [-0.2, 0) is 9.53 Å². The Morgan fingerprint density at radius 1 is 1.03 bits per heavy atom. The van der Waals surface area contributed by atoms with Crippen molar-refractivity contribution in [2.24, 2.45) is 16.7 Å². The van der Waals surface area contributed by atoms with Crippen LogP contribution in [0.2, 0.25) is 0 Å². The van der Waals surface area contributed by atoms with E-state index in [1.807, 2.05) is 24.3 Å². The molecule has 0 bridgehead atoms.